The first-order chi connectivity index (χ1) is 13.9. The molecule has 152 valence electrons. The lowest BCUT2D eigenvalue weighted by Gasteiger charge is -2.23. The third kappa shape index (κ3) is 3.13. The van der Waals surface area contributed by atoms with E-state index >= 15 is 0 Å². The van der Waals surface area contributed by atoms with Crippen LogP contribution in [0.1, 0.15) is 6.42 Å². The van der Waals surface area contributed by atoms with Gasteiger partial charge in [0.25, 0.3) is 0 Å². The molecule has 1 saturated heterocycles. The summed E-state index contributed by atoms with van der Waals surface area (Å²) in [5.74, 6) is 0.580. The van der Waals surface area contributed by atoms with Gasteiger partial charge in [-0.05, 0) is 55.0 Å². The van der Waals surface area contributed by atoms with E-state index in [4.69, 9.17) is 9.47 Å². The number of carbonyl (C=O) groups excluding carboxylic acids is 1. The number of hydrogen-bond acceptors (Lipinski definition) is 5. The molecule has 0 spiro atoms. The van der Waals surface area contributed by atoms with Crippen LogP contribution in [0.15, 0.2) is 61.2 Å². The predicted octanol–water partition coefficient (Wildman–Crippen LogP) is 2.81. The van der Waals surface area contributed by atoms with Crippen molar-refractivity contribution in [2.75, 3.05) is 29.9 Å². The average Bonchev–Trinajstić information content (AvgIpc) is 3.43. The number of anilines is 2. The Balaban J connectivity index is 1.51. The number of rotatable bonds is 7. The summed E-state index contributed by atoms with van der Waals surface area (Å²) in [6.07, 6.45) is 1.98. The Morgan fingerprint density at radius 3 is 2.48 bits per heavy atom. The number of nitrogens with zero attached hydrogens (tertiary/aromatic N) is 1. The molecular formula is C21H22N2O5S. The lowest BCUT2D eigenvalue weighted by Crippen LogP contribution is -2.42. The molecule has 2 aromatic rings. The van der Waals surface area contributed by atoms with Gasteiger partial charge < -0.3 is 14.8 Å². The van der Waals surface area contributed by atoms with Crippen LogP contribution in [0.25, 0.3) is 0 Å². The molecule has 0 unspecified atom stereocenters. The Bertz CT molecular complexity index is 1030. The molecular weight excluding hydrogens is 392 g/mol. The molecule has 0 aromatic heterocycles. The van der Waals surface area contributed by atoms with Crippen molar-refractivity contribution in [1.82, 2.24) is 0 Å². The van der Waals surface area contributed by atoms with Crippen molar-refractivity contribution in [3.05, 3.63) is 61.2 Å². The fraction of sp³-hybridized carbons (Fsp3) is 0.286. The molecule has 0 bridgehead atoms. The van der Waals surface area contributed by atoms with E-state index in [0.29, 0.717) is 42.4 Å². The first kappa shape index (κ1) is 19.3. The molecule has 4 rings (SSSR count). The first-order valence-electron chi connectivity index (χ1n) is 9.24. The molecule has 1 heterocycles. The van der Waals surface area contributed by atoms with Gasteiger partial charge in [0.15, 0.2) is 4.75 Å². The van der Waals surface area contributed by atoms with Gasteiger partial charge in [-0.25, -0.2) is 8.42 Å². The number of amides is 1. The Kier molecular flexibility index (Phi) is 4.74. The second-order valence-electron chi connectivity index (χ2n) is 7.10. The van der Waals surface area contributed by atoms with Gasteiger partial charge in [0.1, 0.15) is 18.1 Å². The quantitative estimate of drug-likeness (QED) is 0.705. The van der Waals surface area contributed by atoms with Crippen molar-refractivity contribution in [3.63, 3.8) is 0 Å². The number of carbonyl (C=O) groups is 1. The fourth-order valence-corrected chi connectivity index (χ4v) is 6.11. The van der Waals surface area contributed by atoms with Crippen LogP contribution in [-0.2, 0) is 14.8 Å². The van der Waals surface area contributed by atoms with E-state index in [9.17, 15) is 13.2 Å². The summed E-state index contributed by atoms with van der Waals surface area (Å²) < 4.78 is 36.9. The number of hydrogen-bond donors (Lipinski definition) is 1. The van der Waals surface area contributed by atoms with Crippen LogP contribution in [0.3, 0.4) is 0 Å². The van der Waals surface area contributed by atoms with E-state index in [1.807, 2.05) is 0 Å². The third-order valence-corrected chi connectivity index (χ3v) is 7.96. The molecule has 0 radical (unpaired) electrons. The standard InChI is InChI=1S/C21H22N2O5S/c1-3-12-28-19-8-4-16(5-9-19)22-20(24)21-13-15(21)14-23(29(21,25)26)17-6-10-18(27-2)11-7-17/h3-11,15H,1,12-14H2,2H3,(H,22,24)/t15-,21-/m1/s1. The summed E-state index contributed by atoms with van der Waals surface area (Å²) >= 11 is 0. The van der Waals surface area contributed by atoms with Crippen LogP contribution in [0.4, 0.5) is 11.4 Å². The lowest BCUT2D eigenvalue weighted by molar-refractivity contribution is -0.116. The van der Waals surface area contributed by atoms with Crippen LogP contribution in [-0.4, -0.2) is 39.3 Å². The second-order valence-corrected chi connectivity index (χ2v) is 9.22. The monoisotopic (exact) mass is 414 g/mol. The van der Waals surface area contributed by atoms with Gasteiger partial charge in [-0.1, -0.05) is 12.7 Å². The highest BCUT2D eigenvalue weighted by Gasteiger charge is 2.75. The van der Waals surface area contributed by atoms with Crippen molar-refractivity contribution >= 4 is 27.3 Å². The van der Waals surface area contributed by atoms with Crippen LogP contribution in [0, 0.1) is 5.92 Å². The SMILES string of the molecule is C=CCOc1ccc(NC(=O)[C@@]23C[C@@H]2CN(c2ccc(OC)cc2)S3(=O)=O)cc1. The van der Waals surface area contributed by atoms with Gasteiger partial charge in [-0.3, -0.25) is 9.10 Å². The van der Waals surface area contributed by atoms with Crippen LogP contribution in [0.2, 0.25) is 0 Å². The molecule has 1 aliphatic carbocycles. The normalized spacial score (nSPS) is 23.8. The van der Waals surface area contributed by atoms with Gasteiger partial charge in [0.2, 0.25) is 15.9 Å². The van der Waals surface area contributed by atoms with Gasteiger partial charge in [0, 0.05) is 18.2 Å². The molecule has 8 heteroatoms. The van der Waals surface area contributed by atoms with Crippen LogP contribution >= 0.6 is 0 Å². The topological polar surface area (TPSA) is 84.9 Å². The van der Waals surface area contributed by atoms with E-state index in [1.165, 1.54) is 4.31 Å². The summed E-state index contributed by atoms with van der Waals surface area (Å²) in [6, 6.07) is 13.6. The first-order valence-corrected chi connectivity index (χ1v) is 10.7. The van der Waals surface area contributed by atoms with Gasteiger partial charge >= 0.3 is 0 Å². The number of methoxy groups -OCH3 is 1. The zero-order chi connectivity index (χ0) is 20.6. The Morgan fingerprint density at radius 1 is 1.21 bits per heavy atom. The maximum Gasteiger partial charge on any atom is 0.250 e. The molecule has 1 saturated carbocycles. The highest BCUT2D eigenvalue weighted by molar-refractivity contribution is 7.95. The maximum atomic E-state index is 13.2. The van der Waals surface area contributed by atoms with E-state index < -0.39 is 20.7 Å². The molecule has 29 heavy (non-hydrogen) atoms. The fourth-order valence-electron chi connectivity index (χ4n) is 3.74. The van der Waals surface area contributed by atoms with Crippen LogP contribution in [0.5, 0.6) is 11.5 Å². The smallest absolute Gasteiger partial charge is 0.250 e. The highest BCUT2D eigenvalue weighted by atomic mass is 32.2. The highest BCUT2D eigenvalue weighted by Crippen LogP contribution is 2.58. The molecule has 1 N–H and O–H groups in total. The maximum absolute atomic E-state index is 13.2. The van der Waals surface area contributed by atoms with Crippen LogP contribution < -0.4 is 19.1 Å². The minimum Gasteiger partial charge on any atom is -0.497 e. The lowest BCUT2D eigenvalue weighted by atomic mass is 10.2. The minimum atomic E-state index is -3.82. The minimum absolute atomic E-state index is 0.218. The Hall–Kier alpha value is -3.00. The summed E-state index contributed by atoms with van der Waals surface area (Å²) in [5, 5.41) is 2.75. The number of fused-ring (bicyclic) bond motifs is 1. The molecule has 1 amide bonds. The molecule has 7 nitrogen and oxygen atoms in total. The van der Waals surface area contributed by atoms with Crippen molar-refractivity contribution in [3.8, 4) is 11.5 Å². The molecule has 2 aliphatic rings. The number of ether oxygens (including phenoxy) is 2. The number of sulfonamides is 1. The Morgan fingerprint density at radius 2 is 1.86 bits per heavy atom. The van der Waals surface area contributed by atoms with E-state index in [2.05, 4.69) is 11.9 Å². The van der Waals surface area contributed by atoms with Gasteiger partial charge in [0.05, 0.1) is 12.8 Å². The van der Waals surface area contributed by atoms with Crippen molar-refractivity contribution < 1.29 is 22.7 Å². The van der Waals surface area contributed by atoms with Crippen molar-refractivity contribution in [1.29, 1.82) is 0 Å². The van der Waals surface area contributed by atoms with Crippen molar-refractivity contribution in [2.45, 2.75) is 11.2 Å². The average molecular weight is 414 g/mol. The zero-order valence-corrected chi connectivity index (χ0v) is 16.8. The summed E-state index contributed by atoms with van der Waals surface area (Å²) in [7, 11) is -2.27. The third-order valence-electron chi connectivity index (χ3n) is 5.41. The Labute approximate surface area is 170 Å². The number of benzene rings is 2. The molecule has 2 atom stereocenters. The van der Waals surface area contributed by atoms with E-state index in [-0.39, 0.29) is 5.92 Å². The summed E-state index contributed by atoms with van der Waals surface area (Å²) in [5.41, 5.74) is 1.06. The summed E-state index contributed by atoms with van der Waals surface area (Å²) in [4.78, 5) is 12.9. The van der Waals surface area contributed by atoms with Gasteiger partial charge in [-0.15, -0.1) is 0 Å². The second kappa shape index (κ2) is 7.11. The predicted molar refractivity (Wildman–Crippen MR) is 111 cm³/mol. The van der Waals surface area contributed by atoms with E-state index in [0.717, 1.165) is 0 Å². The van der Waals surface area contributed by atoms with Crippen molar-refractivity contribution in [2.24, 2.45) is 5.92 Å². The molecule has 1 aliphatic heterocycles. The number of nitrogens with one attached hydrogen (secondary N) is 1. The van der Waals surface area contributed by atoms with E-state index in [1.54, 1.807) is 61.7 Å². The summed E-state index contributed by atoms with van der Waals surface area (Å²) in [6.45, 7) is 4.28. The molecule has 2 fully saturated rings. The van der Waals surface area contributed by atoms with Gasteiger partial charge in [-0.2, -0.15) is 0 Å². The zero-order valence-electron chi connectivity index (χ0n) is 16.0. The largest absolute Gasteiger partial charge is 0.497 e. The molecule has 2 aromatic carbocycles.